The molecule has 2 aromatic rings. The van der Waals surface area contributed by atoms with Crippen LogP contribution in [-0.4, -0.2) is 50.0 Å². The smallest absolute Gasteiger partial charge is 0.244 e. The number of amides is 2. The van der Waals surface area contributed by atoms with Crippen molar-refractivity contribution in [3.63, 3.8) is 0 Å². The van der Waals surface area contributed by atoms with Crippen LogP contribution in [0.2, 0.25) is 5.02 Å². The maximum atomic E-state index is 13.9. The second-order valence-electron chi connectivity index (χ2n) is 9.93. The van der Waals surface area contributed by atoms with Gasteiger partial charge in [-0.15, -0.1) is 0 Å². The molecule has 0 heterocycles. The average molecular weight is 548 g/mol. The van der Waals surface area contributed by atoms with Gasteiger partial charge in [0.05, 0.1) is 11.9 Å². The highest BCUT2D eigenvalue weighted by Crippen LogP contribution is 2.28. The number of sulfonamides is 1. The molecular formula is C28H38ClN3O4S. The summed E-state index contributed by atoms with van der Waals surface area (Å²) in [7, 11) is -3.81. The van der Waals surface area contributed by atoms with Crippen LogP contribution in [0.3, 0.4) is 0 Å². The fourth-order valence-electron chi connectivity index (χ4n) is 4.93. The summed E-state index contributed by atoms with van der Waals surface area (Å²) in [6.45, 7) is 5.33. The van der Waals surface area contributed by atoms with Crippen LogP contribution in [0.4, 0.5) is 5.69 Å². The van der Waals surface area contributed by atoms with E-state index >= 15 is 0 Å². The van der Waals surface area contributed by atoms with Gasteiger partial charge in [0, 0.05) is 17.6 Å². The number of hydrogen-bond acceptors (Lipinski definition) is 4. The minimum Gasteiger partial charge on any atom is -0.352 e. The molecule has 9 heteroatoms. The SMILES string of the molecule is CC[C@H](C(=O)NC1CCCCC1)N(Cc1cccc(C)c1)C(=O)CN(c1cccc(Cl)c1C)S(C)(=O)=O. The van der Waals surface area contributed by atoms with E-state index in [0.29, 0.717) is 22.7 Å². The summed E-state index contributed by atoms with van der Waals surface area (Å²) in [6, 6.07) is 12.1. The molecule has 1 N–H and O–H groups in total. The maximum absolute atomic E-state index is 13.9. The Morgan fingerprint density at radius 2 is 1.76 bits per heavy atom. The van der Waals surface area contributed by atoms with Gasteiger partial charge in [0.15, 0.2) is 0 Å². The first kappa shape index (κ1) is 29.0. The molecular weight excluding hydrogens is 510 g/mol. The van der Waals surface area contributed by atoms with Crippen LogP contribution in [0.25, 0.3) is 0 Å². The topological polar surface area (TPSA) is 86.8 Å². The molecule has 0 spiro atoms. The third kappa shape index (κ3) is 7.71. The minimum absolute atomic E-state index is 0.104. The van der Waals surface area contributed by atoms with Crippen LogP contribution in [-0.2, 0) is 26.2 Å². The van der Waals surface area contributed by atoms with Crippen LogP contribution < -0.4 is 9.62 Å². The summed E-state index contributed by atoms with van der Waals surface area (Å²) in [6.07, 6.45) is 6.68. The normalized spacial score (nSPS) is 15.2. The Bertz CT molecular complexity index is 1210. The highest BCUT2D eigenvalue weighted by atomic mass is 35.5. The lowest BCUT2D eigenvalue weighted by Crippen LogP contribution is -2.54. The van der Waals surface area contributed by atoms with Crippen molar-refractivity contribution in [3.8, 4) is 0 Å². The third-order valence-corrected chi connectivity index (χ3v) is 8.50. The lowest BCUT2D eigenvalue weighted by Gasteiger charge is -2.34. The van der Waals surface area contributed by atoms with Crippen molar-refractivity contribution in [2.24, 2.45) is 0 Å². The second-order valence-corrected chi connectivity index (χ2v) is 12.2. The first-order chi connectivity index (χ1) is 17.5. The van der Waals surface area contributed by atoms with Crippen molar-refractivity contribution in [2.45, 2.75) is 77.9 Å². The largest absolute Gasteiger partial charge is 0.352 e. The standard InChI is InChI=1S/C28H38ClN3O4S/c1-5-25(28(34)30-23-13-7-6-8-14-23)31(18-22-12-9-11-20(2)17-22)27(33)19-32(37(4,35)36)26-16-10-15-24(29)21(26)3/h9-12,15-17,23,25H,5-8,13-14,18-19H2,1-4H3,(H,30,34)/t25-/m1/s1. The minimum atomic E-state index is -3.81. The molecule has 7 nitrogen and oxygen atoms in total. The number of hydrogen-bond donors (Lipinski definition) is 1. The Labute approximate surface area is 226 Å². The van der Waals surface area contributed by atoms with Gasteiger partial charge in [0.1, 0.15) is 12.6 Å². The summed E-state index contributed by atoms with van der Waals surface area (Å²) in [5.41, 5.74) is 2.83. The van der Waals surface area contributed by atoms with Crippen LogP contribution >= 0.6 is 11.6 Å². The Morgan fingerprint density at radius 3 is 2.38 bits per heavy atom. The zero-order valence-electron chi connectivity index (χ0n) is 22.2. The average Bonchev–Trinajstić information content (AvgIpc) is 2.84. The summed E-state index contributed by atoms with van der Waals surface area (Å²) < 4.78 is 26.7. The number of carbonyl (C=O) groups excluding carboxylic acids is 2. The van der Waals surface area contributed by atoms with Crippen LogP contribution in [0.1, 0.15) is 62.1 Å². The lowest BCUT2D eigenvalue weighted by atomic mass is 9.95. The molecule has 2 amide bonds. The fraction of sp³-hybridized carbons (Fsp3) is 0.500. The summed E-state index contributed by atoms with van der Waals surface area (Å²) in [4.78, 5) is 28.8. The molecule has 1 fully saturated rings. The van der Waals surface area contributed by atoms with Gasteiger partial charge in [0.25, 0.3) is 0 Å². The molecule has 0 aliphatic heterocycles. The van der Waals surface area contributed by atoms with E-state index in [2.05, 4.69) is 5.32 Å². The Balaban J connectivity index is 1.94. The summed E-state index contributed by atoms with van der Waals surface area (Å²) in [5, 5.41) is 3.56. The van der Waals surface area contributed by atoms with E-state index in [0.717, 1.165) is 47.4 Å². The van der Waals surface area contributed by atoms with Crippen LogP contribution in [0.15, 0.2) is 42.5 Å². The molecule has 0 saturated heterocycles. The van der Waals surface area contributed by atoms with Gasteiger partial charge in [0.2, 0.25) is 21.8 Å². The number of anilines is 1. The maximum Gasteiger partial charge on any atom is 0.244 e. The van der Waals surface area contributed by atoms with E-state index in [1.807, 2.05) is 38.1 Å². The van der Waals surface area contributed by atoms with Crippen molar-refractivity contribution in [1.82, 2.24) is 10.2 Å². The van der Waals surface area contributed by atoms with Crippen LogP contribution in [0.5, 0.6) is 0 Å². The van der Waals surface area contributed by atoms with E-state index in [9.17, 15) is 18.0 Å². The van der Waals surface area contributed by atoms with E-state index in [1.165, 1.54) is 11.3 Å². The zero-order chi connectivity index (χ0) is 27.2. The second kappa shape index (κ2) is 12.8. The number of benzene rings is 2. The van der Waals surface area contributed by atoms with Gasteiger partial charge < -0.3 is 10.2 Å². The van der Waals surface area contributed by atoms with E-state index in [1.54, 1.807) is 25.1 Å². The Hall–Kier alpha value is -2.58. The van der Waals surface area contributed by atoms with Crippen molar-refractivity contribution in [1.29, 1.82) is 0 Å². The molecule has 1 saturated carbocycles. The highest BCUT2D eigenvalue weighted by molar-refractivity contribution is 7.92. The van der Waals surface area contributed by atoms with Gasteiger partial charge in [-0.2, -0.15) is 0 Å². The number of halogens is 1. The van der Waals surface area contributed by atoms with Crippen LogP contribution in [0, 0.1) is 13.8 Å². The molecule has 37 heavy (non-hydrogen) atoms. The predicted octanol–water partition coefficient (Wildman–Crippen LogP) is 4.98. The first-order valence-corrected chi connectivity index (χ1v) is 15.1. The van der Waals surface area contributed by atoms with E-state index in [-0.39, 0.29) is 18.5 Å². The van der Waals surface area contributed by atoms with Gasteiger partial charge in [-0.1, -0.05) is 73.7 Å². The van der Waals surface area contributed by atoms with Gasteiger partial charge in [-0.3, -0.25) is 13.9 Å². The molecule has 1 aliphatic rings. The molecule has 0 radical (unpaired) electrons. The number of rotatable bonds is 10. The number of nitrogens with one attached hydrogen (secondary N) is 1. The Kier molecular flexibility index (Phi) is 10.0. The summed E-state index contributed by atoms with van der Waals surface area (Å²) in [5.74, 6) is -0.641. The van der Waals surface area contributed by atoms with Gasteiger partial charge in [-0.25, -0.2) is 8.42 Å². The van der Waals surface area contributed by atoms with Crippen molar-refractivity contribution in [3.05, 3.63) is 64.2 Å². The molecule has 0 aromatic heterocycles. The molecule has 202 valence electrons. The summed E-state index contributed by atoms with van der Waals surface area (Å²) >= 11 is 6.27. The van der Waals surface area contributed by atoms with E-state index < -0.39 is 28.5 Å². The molecule has 0 bridgehead atoms. The monoisotopic (exact) mass is 547 g/mol. The van der Waals surface area contributed by atoms with Gasteiger partial charge >= 0.3 is 0 Å². The number of aryl methyl sites for hydroxylation is 1. The van der Waals surface area contributed by atoms with Crippen molar-refractivity contribution in [2.75, 3.05) is 17.1 Å². The quantitative estimate of drug-likeness (QED) is 0.454. The molecule has 2 aromatic carbocycles. The molecule has 3 rings (SSSR count). The Morgan fingerprint density at radius 1 is 1.08 bits per heavy atom. The first-order valence-electron chi connectivity index (χ1n) is 12.9. The molecule has 0 unspecified atom stereocenters. The predicted molar refractivity (Wildman–Crippen MR) is 149 cm³/mol. The number of carbonyl (C=O) groups is 2. The third-order valence-electron chi connectivity index (χ3n) is 6.96. The van der Waals surface area contributed by atoms with Gasteiger partial charge in [-0.05, 0) is 56.4 Å². The van der Waals surface area contributed by atoms with E-state index in [4.69, 9.17) is 11.6 Å². The zero-order valence-corrected chi connectivity index (χ0v) is 23.7. The molecule has 1 aliphatic carbocycles. The fourth-order valence-corrected chi connectivity index (χ4v) is 6.00. The molecule has 1 atom stereocenters. The van der Waals surface area contributed by atoms with Crippen molar-refractivity contribution < 1.29 is 18.0 Å². The number of nitrogens with zero attached hydrogens (tertiary/aromatic N) is 2. The lowest BCUT2D eigenvalue weighted by molar-refractivity contribution is -0.140. The van der Waals surface area contributed by atoms with Crippen molar-refractivity contribution >= 4 is 39.1 Å². The highest BCUT2D eigenvalue weighted by Gasteiger charge is 2.33.